The number of nitrogens with zero attached hydrogens (tertiary/aromatic N) is 3. The molecule has 3 rings (SSSR count). The molecule has 0 fully saturated rings. The Bertz CT molecular complexity index is 765. The van der Waals surface area contributed by atoms with Crippen molar-refractivity contribution in [3.63, 3.8) is 0 Å². The fourth-order valence-corrected chi connectivity index (χ4v) is 3.95. The van der Waals surface area contributed by atoms with Crippen molar-refractivity contribution in [3.05, 3.63) is 34.9 Å². The van der Waals surface area contributed by atoms with Gasteiger partial charge in [0.15, 0.2) is 0 Å². The summed E-state index contributed by atoms with van der Waals surface area (Å²) in [6.07, 6.45) is 0. The highest BCUT2D eigenvalue weighted by molar-refractivity contribution is 8.01. The summed E-state index contributed by atoms with van der Waals surface area (Å²) in [5, 5.41) is 0.865. The quantitative estimate of drug-likeness (QED) is 0.804. The first-order valence-corrected chi connectivity index (χ1v) is 8.21. The SMILES string of the molecule is CN(C)C(=O)C1Sc2nc(N)nc(-c3ccc(Cl)cc3)c2C1N. The van der Waals surface area contributed by atoms with Crippen LogP contribution in [0.15, 0.2) is 29.3 Å². The first kappa shape index (κ1) is 16.0. The van der Waals surface area contributed by atoms with Crippen LogP contribution >= 0.6 is 23.4 Å². The van der Waals surface area contributed by atoms with E-state index < -0.39 is 11.3 Å². The number of halogens is 1. The number of anilines is 1. The number of fused-ring (bicyclic) bond motifs is 1. The standard InChI is InChI=1S/C15H16ClN5OS/c1-21(2)14(22)12-10(17)9-11(7-3-5-8(16)6-4-7)19-15(18)20-13(9)23-12/h3-6,10,12H,17H2,1-2H3,(H2,18,19,20). The molecule has 0 saturated carbocycles. The summed E-state index contributed by atoms with van der Waals surface area (Å²) in [6, 6.07) is 6.76. The van der Waals surface area contributed by atoms with E-state index in [1.807, 2.05) is 12.1 Å². The van der Waals surface area contributed by atoms with Crippen molar-refractivity contribution in [1.29, 1.82) is 0 Å². The fourth-order valence-electron chi connectivity index (χ4n) is 2.49. The van der Waals surface area contributed by atoms with E-state index in [0.717, 1.165) is 11.1 Å². The van der Waals surface area contributed by atoms with Crippen LogP contribution in [-0.2, 0) is 4.79 Å². The molecule has 2 heterocycles. The highest BCUT2D eigenvalue weighted by atomic mass is 35.5. The van der Waals surface area contributed by atoms with Gasteiger partial charge in [-0.15, -0.1) is 0 Å². The van der Waals surface area contributed by atoms with Gasteiger partial charge in [-0.05, 0) is 12.1 Å². The molecule has 2 aromatic rings. The number of carbonyl (C=O) groups is 1. The van der Waals surface area contributed by atoms with Crippen LogP contribution in [0.2, 0.25) is 5.02 Å². The van der Waals surface area contributed by atoms with Crippen molar-refractivity contribution in [2.24, 2.45) is 5.73 Å². The number of rotatable bonds is 2. The maximum absolute atomic E-state index is 12.3. The monoisotopic (exact) mass is 349 g/mol. The van der Waals surface area contributed by atoms with Gasteiger partial charge in [-0.2, -0.15) is 0 Å². The molecule has 1 aromatic heterocycles. The number of nitrogens with two attached hydrogens (primary N) is 2. The van der Waals surface area contributed by atoms with Gasteiger partial charge in [-0.25, -0.2) is 9.97 Å². The summed E-state index contributed by atoms with van der Waals surface area (Å²) in [5.74, 6) is 0.104. The maximum Gasteiger partial charge on any atom is 0.237 e. The number of thioether (sulfide) groups is 1. The highest BCUT2D eigenvalue weighted by Gasteiger charge is 2.40. The molecule has 2 atom stereocenters. The Morgan fingerprint density at radius 3 is 2.52 bits per heavy atom. The molecule has 4 N–H and O–H groups in total. The van der Waals surface area contributed by atoms with Gasteiger partial charge in [0.25, 0.3) is 0 Å². The lowest BCUT2D eigenvalue weighted by atomic mass is 9.99. The second-order valence-corrected chi connectivity index (χ2v) is 7.02. The molecular weight excluding hydrogens is 334 g/mol. The summed E-state index contributed by atoms with van der Waals surface area (Å²) in [6.45, 7) is 0. The summed E-state index contributed by atoms with van der Waals surface area (Å²) >= 11 is 7.27. The van der Waals surface area contributed by atoms with Gasteiger partial charge in [-0.1, -0.05) is 35.5 Å². The largest absolute Gasteiger partial charge is 0.368 e. The molecule has 0 aliphatic carbocycles. The topological polar surface area (TPSA) is 98.1 Å². The lowest BCUT2D eigenvalue weighted by Gasteiger charge is -2.19. The molecule has 0 saturated heterocycles. The zero-order valence-corrected chi connectivity index (χ0v) is 14.2. The maximum atomic E-state index is 12.3. The van der Waals surface area contributed by atoms with Crippen LogP contribution in [0.4, 0.5) is 5.95 Å². The van der Waals surface area contributed by atoms with E-state index in [9.17, 15) is 4.79 Å². The van der Waals surface area contributed by atoms with Crippen LogP contribution in [0.25, 0.3) is 11.3 Å². The molecule has 2 unspecified atom stereocenters. The van der Waals surface area contributed by atoms with E-state index in [2.05, 4.69) is 9.97 Å². The van der Waals surface area contributed by atoms with E-state index in [4.69, 9.17) is 23.1 Å². The Morgan fingerprint density at radius 2 is 1.91 bits per heavy atom. The van der Waals surface area contributed by atoms with Gasteiger partial charge >= 0.3 is 0 Å². The van der Waals surface area contributed by atoms with E-state index in [1.54, 1.807) is 26.2 Å². The smallest absolute Gasteiger partial charge is 0.237 e. The molecule has 0 bridgehead atoms. The Hall–Kier alpha value is -1.83. The van der Waals surface area contributed by atoms with Crippen molar-refractivity contribution >= 4 is 35.2 Å². The molecule has 1 aromatic carbocycles. The minimum Gasteiger partial charge on any atom is -0.368 e. The summed E-state index contributed by atoms with van der Waals surface area (Å²) in [4.78, 5) is 22.5. The van der Waals surface area contributed by atoms with E-state index >= 15 is 0 Å². The van der Waals surface area contributed by atoms with Crippen LogP contribution in [0, 0.1) is 0 Å². The Labute approximate surface area is 143 Å². The number of hydrogen-bond acceptors (Lipinski definition) is 6. The van der Waals surface area contributed by atoms with Crippen molar-refractivity contribution in [3.8, 4) is 11.3 Å². The van der Waals surface area contributed by atoms with Gasteiger partial charge in [0.05, 0.1) is 11.7 Å². The van der Waals surface area contributed by atoms with Crippen LogP contribution in [-0.4, -0.2) is 40.1 Å². The summed E-state index contributed by atoms with van der Waals surface area (Å²) < 4.78 is 0. The molecule has 1 amide bonds. The molecule has 1 aliphatic heterocycles. The number of nitrogen functional groups attached to an aromatic ring is 1. The second-order valence-electron chi connectivity index (χ2n) is 5.45. The summed E-state index contributed by atoms with van der Waals surface area (Å²) in [7, 11) is 3.41. The first-order valence-electron chi connectivity index (χ1n) is 6.95. The Balaban J connectivity index is 2.10. The molecule has 0 radical (unpaired) electrons. The first-order chi connectivity index (χ1) is 10.9. The molecule has 8 heteroatoms. The molecule has 23 heavy (non-hydrogen) atoms. The zero-order valence-electron chi connectivity index (χ0n) is 12.7. The zero-order chi connectivity index (χ0) is 16.7. The molecule has 6 nitrogen and oxygen atoms in total. The van der Waals surface area contributed by atoms with Gasteiger partial charge in [0.1, 0.15) is 10.3 Å². The predicted molar refractivity (Wildman–Crippen MR) is 92.2 cm³/mol. The minimum atomic E-state index is -0.490. The lowest BCUT2D eigenvalue weighted by Crippen LogP contribution is -2.36. The number of aromatic nitrogens is 2. The minimum absolute atomic E-state index is 0.0545. The van der Waals surface area contributed by atoms with Crippen molar-refractivity contribution in [2.75, 3.05) is 19.8 Å². The predicted octanol–water partition coefficient (Wildman–Crippen LogP) is 1.94. The van der Waals surface area contributed by atoms with Gasteiger partial charge in [-0.3, -0.25) is 4.79 Å². The normalized spacial score (nSPS) is 19.5. The van der Waals surface area contributed by atoms with Gasteiger partial charge in [0, 0.05) is 30.2 Å². The number of amides is 1. The summed E-state index contributed by atoms with van der Waals surface area (Å²) in [5.41, 5.74) is 14.4. The highest BCUT2D eigenvalue weighted by Crippen LogP contribution is 2.46. The van der Waals surface area contributed by atoms with Crippen LogP contribution in [0.5, 0.6) is 0 Å². The average Bonchev–Trinajstić information content (AvgIpc) is 2.83. The van der Waals surface area contributed by atoms with Crippen LogP contribution in [0.1, 0.15) is 11.6 Å². The molecule has 120 valence electrons. The molecule has 0 spiro atoms. The van der Waals surface area contributed by atoms with Crippen molar-refractivity contribution < 1.29 is 4.79 Å². The number of carbonyl (C=O) groups excluding carboxylic acids is 1. The van der Waals surface area contributed by atoms with Crippen LogP contribution in [0.3, 0.4) is 0 Å². The van der Waals surface area contributed by atoms with E-state index in [1.165, 1.54) is 16.7 Å². The molecular formula is C15H16ClN5OS. The number of benzene rings is 1. The fraction of sp³-hybridized carbons (Fsp3) is 0.267. The van der Waals surface area contributed by atoms with Crippen molar-refractivity contribution in [2.45, 2.75) is 16.3 Å². The Morgan fingerprint density at radius 1 is 1.26 bits per heavy atom. The Kier molecular flexibility index (Phi) is 4.18. The third-order valence-electron chi connectivity index (χ3n) is 3.63. The second kappa shape index (κ2) is 5.99. The average molecular weight is 350 g/mol. The third-order valence-corrected chi connectivity index (χ3v) is 5.16. The van der Waals surface area contributed by atoms with E-state index in [-0.39, 0.29) is 11.9 Å². The molecule has 1 aliphatic rings. The third kappa shape index (κ3) is 2.87. The van der Waals surface area contributed by atoms with Crippen molar-refractivity contribution in [1.82, 2.24) is 14.9 Å². The van der Waals surface area contributed by atoms with Gasteiger partial charge < -0.3 is 16.4 Å². The number of hydrogen-bond donors (Lipinski definition) is 2. The van der Waals surface area contributed by atoms with Gasteiger partial charge in [0.2, 0.25) is 11.9 Å². The lowest BCUT2D eigenvalue weighted by molar-refractivity contribution is -0.128. The van der Waals surface area contributed by atoms with Crippen LogP contribution < -0.4 is 11.5 Å². The van der Waals surface area contributed by atoms with E-state index in [0.29, 0.717) is 15.7 Å².